The Morgan fingerprint density at radius 3 is 2.70 bits per heavy atom. The average Bonchev–Trinajstić information content (AvgIpc) is 3.16. The van der Waals surface area contributed by atoms with Crippen LogP contribution in [0.15, 0.2) is 47.8 Å². The van der Waals surface area contributed by atoms with E-state index in [4.69, 9.17) is 0 Å². The number of unbranched alkanes of at least 4 members (excludes halogenated alkanes) is 1. The molecule has 0 aliphatic carbocycles. The third-order valence-electron chi connectivity index (χ3n) is 3.43. The summed E-state index contributed by atoms with van der Waals surface area (Å²) in [4.78, 5) is 1.23. The molecule has 0 saturated heterocycles. The lowest BCUT2D eigenvalue weighted by atomic mass is 10.0. The quantitative estimate of drug-likeness (QED) is 0.689. The van der Waals surface area contributed by atoms with Gasteiger partial charge in [-0.05, 0) is 35.9 Å². The van der Waals surface area contributed by atoms with Crippen molar-refractivity contribution in [3.05, 3.63) is 53.4 Å². The van der Waals surface area contributed by atoms with E-state index in [0.717, 1.165) is 17.8 Å². The highest BCUT2D eigenvalue weighted by atomic mass is 32.1. The predicted octanol–water partition coefficient (Wildman–Crippen LogP) is 5.15. The summed E-state index contributed by atoms with van der Waals surface area (Å²) >= 11 is 1.72. The number of nitrogens with zero attached hydrogens (tertiary/aromatic N) is 1. The number of aryl methyl sites for hydroxylation is 1. The van der Waals surface area contributed by atoms with Crippen LogP contribution in [0, 0.1) is 0 Å². The minimum atomic E-state index is 1.01. The van der Waals surface area contributed by atoms with Gasteiger partial charge in [-0.3, -0.25) is 5.10 Å². The number of H-pyrrole nitrogens is 1. The van der Waals surface area contributed by atoms with Gasteiger partial charge in [-0.15, -0.1) is 11.3 Å². The second kappa shape index (κ2) is 6.06. The first-order valence-electron chi connectivity index (χ1n) is 7.05. The zero-order chi connectivity index (χ0) is 13.8. The van der Waals surface area contributed by atoms with Crippen molar-refractivity contribution in [1.82, 2.24) is 10.2 Å². The molecule has 0 amide bonds. The van der Waals surface area contributed by atoms with Crippen molar-refractivity contribution in [3.8, 4) is 21.8 Å². The molecule has 0 aliphatic rings. The Bertz CT molecular complexity index is 651. The molecule has 3 heteroatoms. The van der Waals surface area contributed by atoms with Gasteiger partial charge in [-0.1, -0.05) is 43.7 Å². The number of hydrogen-bond donors (Lipinski definition) is 1. The molecule has 0 saturated carbocycles. The minimum Gasteiger partial charge on any atom is -0.276 e. The summed E-state index contributed by atoms with van der Waals surface area (Å²) in [6, 6.07) is 15.0. The maximum Gasteiger partial charge on any atom is 0.0927 e. The zero-order valence-corrected chi connectivity index (χ0v) is 12.4. The van der Waals surface area contributed by atoms with Crippen LogP contribution < -0.4 is 0 Å². The normalized spacial score (nSPS) is 10.8. The van der Waals surface area contributed by atoms with Crippen LogP contribution in [0.4, 0.5) is 0 Å². The summed E-state index contributed by atoms with van der Waals surface area (Å²) in [7, 11) is 0. The lowest BCUT2D eigenvalue weighted by Crippen LogP contribution is -1.85. The molecule has 3 aromatic rings. The molecule has 2 aromatic heterocycles. The lowest BCUT2D eigenvalue weighted by Gasteiger charge is -2.01. The maximum absolute atomic E-state index is 4.42. The number of thiophene rings is 1. The Labute approximate surface area is 123 Å². The minimum absolute atomic E-state index is 1.01. The molecular weight excluding hydrogens is 264 g/mol. The number of benzene rings is 1. The van der Waals surface area contributed by atoms with Gasteiger partial charge in [0.15, 0.2) is 0 Å². The standard InChI is InChI=1S/C17H18N2S/c1-2-3-5-13-7-9-14(10-8-13)15-12-16(19-18-15)17-6-4-11-20-17/h4,6-12H,2-3,5H2,1H3,(H,18,19). The molecule has 2 heterocycles. The molecule has 0 bridgehead atoms. The van der Waals surface area contributed by atoms with Gasteiger partial charge in [0, 0.05) is 5.56 Å². The Morgan fingerprint density at radius 2 is 2.00 bits per heavy atom. The predicted molar refractivity (Wildman–Crippen MR) is 85.9 cm³/mol. The van der Waals surface area contributed by atoms with E-state index in [2.05, 4.69) is 65.0 Å². The SMILES string of the molecule is CCCCc1ccc(-c2cc(-c3cccs3)[nH]n2)cc1. The Hall–Kier alpha value is -1.87. The van der Waals surface area contributed by atoms with E-state index in [0.29, 0.717) is 0 Å². The van der Waals surface area contributed by atoms with E-state index in [-0.39, 0.29) is 0 Å². The fourth-order valence-electron chi connectivity index (χ4n) is 2.25. The first kappa shape index (κ1) is 13.1. The molecule has 1 N–H and O–H groups in total. The van der Waals surface area contributed by atoms with Gasteiger partial charge in [-0.25, -0.2) is 0 Å². The molecule has 0 fully saturated rings. The first-order chi connectivity index (χ1) is 9.86. The van der Waals surface area contributed by atoms with Crippen molar-refractivity contribution in [3.63, 3.8) is 0 Å². The van der Waals surface area contributed by atoms with E-state index < -0.39 is 0 Å². The van der Waals surface area contributed by atoms with E-state index in [1.54, 1.807) is 11.3 Å². The molecular formula is C17H18N2S. The Balaban J connectivity index is 1.79. The van der Waals surface area contributed by atoms with Crippen molar-refractivity contribution in [2.24, 2.45) is 0 Å². The Morgan fingerprint density at radius 1 is 1.15 bits per heavy atom. The van der Waals surface area contributed by atoms with Crippen LogP contribution in [0.25, 0.3) is 21.8 Å². The molecule has 2 nitrogen and oxygen atoms in total. The molecule has 0 unspecified atom stereocenters. The van der Waals surface area contributed by atoms with Gasteiger partial charge >= 0.3 is 0 Å². The van der Waals surface area contributed by atoms with Gasteiger partial charge in [0.2, 0.25) is 0 Å². The highest BCUT2D eigenvalue weighted by molar-refractivity contribution is 7.13. The molecule has 1 aromatic carbocycles. The Kier molecular flexibility index (Phi) is 3.97. The van der Waals surface area contributed by atoms with Gasteiger partial charge in [0.1, 0.15) is 0 Å². The first-order valence-corrected chi connectivity index (χ1v) is 7.93. The number of aromatic nitrogens is 2. The van der Waals surface area contributed by atoms with E-state index >= 15 is 0 Å². The van der Waals surface area contributed by atoms with Crippen molar-refractivity contribution in [2.45, 2.75) is 26.2 Å². The maximum atomic E-state index is 4.42. The number of hydrogen-bond acceptors (Lipinski definition) is 2. The molecule has 102 valence electrons. The van der Waals surface area contributed by atoms with Crippen LogP contribution in [0.5, 0.6) is 0 Å². The molecule has 0 radical (unpaired) electrons. The van der Waals surface area contributed by atoms with E-state index in [1.807, 2.05) is 0 Å². The molecule has 3 rings (SSSR count). The monoisotopic (exact) mass is 282 g/mol. The summed E-state index contributed by atoms with van der Waals surface area (Å²) < 4.78 is 0. The fraction of sp³-hybridized carbons (Fsp3) is 0.235. The molecule has 20 heavy (non-hydrogen) atoms. The second-order valence-electron chi connectivity index (χ2n) is 4.94. The third-order valence-corrected chi connectivity index (χ3v) is 4.34. The van der Waals surface area contributed by atoms with Crippen molar-refractivity contribution in [2.75, 3.05) is 0 Å². The largest absolute Gasteiger partial charge is 0.276 e. The van der Waals surface area contributed by atoms with Crippen LogP contribution in [-0.4, -0.2) is 10.2 Å². The highest BCUT2D eigenvalue weighted by Gasteiger charge is 2.06. The topological polar surface area (TPSA) is 28.7 Å². The van der Waals surface area contributed by atoms with Crippen LogP contribution >= 0.6 is 11.3 Å². The van der Waals surface area contributed by atoms with Crippen molar-refractivity contribution >= 4 is 11.3 Å². The van der Waals surface area contributed by atoms with Crippen LogP contribution in [0.3, 0.4) is 0 Å². The van der Waals surface area contributed by atoms with Crippen LogP contribution in [-0.2, 0) is 6.42 Å². The third kappa shape index (κ3) is 2.83. The number of aromatic amines is 1. The summed E-state index contributed by atoms with van der Waals surface area (Å²) in [6.45, 7) is 2.23. The van der Waals surface area contributed by atoms with Crippen LogP contribution in [0.1, 0.15) is 25.3 Å². The summed E-state index contributed by atoms with van der Waals surface area (Å²) in [5.74, 6) is 0. The fourth-order valence-corrected chi connectivity index (χ4v) is 2.94. The summed E-state index contributed by atoms with van der Waals surface area (Å²) in [5.41, 5.74) is 4.68. The van der Waals surface area contributed by atoms with Gasteiger partial charge < -0.3 is 0 Å². The van der Waals surface area contributed by atoms with Crippen molar-refractivity contribution < 1.29 is 0 Å². The second-order valence-corrected chi connectivity index (χ2v) is 5.89. The van der Waals surface area contributed by atoms with Crippen molar-refractivity contribution in [1.29, 1.82) is 0 Å². The zero-order valence-electron chi connectivity index (χ0n) is 11.6. The lowest BCUT2D eigenvalue weighted by molar-refractivity contribution is 0.795. The summed E-state index contributed by atoms with van der Waals surface area (Å²) in [6.07, 6.45) is 3.66. The van der Waals surface area contributed by atoms with E-state index in [1.165, 1.54) is 28.8 Å². The van der Waals surface area contributed by atoms with E-state index in [9.17, 15) is 0 Å². The van der Waals surface area contributed by atoms with Gasteiger partial charge in [0.25, 0.3) is 0 Å². The number of nitrogens with one attached hydrogen (secondary N) is 1. The summed E-state index contributed by atoms with van der Waals surface area (Å²) in [5, 5.41) is 9.61. The van der Waals surface area contributed by atoms with Gasteiger partial charge in [-0.2, -0.15) is 5.10 Å². The number of rotatable bonds is 5. The average molecular weight is 282 g/mol. The molecule has 0 atom stereocenters. The smallest absolute Gasteiger partial charge is 0.0927 e. The highest BCUT2D eigenvalue weighted by Crippen LogP contribution is 2.27. The molecule has 0 spiro atoms. The van der Waals surface area contributed by atoms with Gasteiger partial charge in [0.05, 0.1) is 16.3 Å². The van der Waals surface area contributed by atoms with Crippen LogP contribution in [0.2, 0.25) is 0 Å². The molecule has 0 aliphatic heterocycles.